The molecule has 2 heterocycles. The van der Waals surface area contributed by atoms with Gasteiger partial charge in [0.1, 0.15) is 5.60 Å². The molecule has 2 N–H and O–H groups in total. The quantitative estimate of drug-likeness (QED) is 0.751. The molecular weight excluding hydrogens is 334 g/mol. The maximum atomic E-state index is 6.37. The highest BCUT2D eigenvalue weighted by molar-refractivity contribution is 5.26. The van der Waals surface area contributed by atoms with Crippen molar-refractivity contribution in [1.82, 2.24) is 0 Å². The largest absolute Gasteiger partial charge is 0.330 e. The number of rotatable bonds is 3. The lowest BCUT2D eigenvalue weighted by molar-refractivity contribution is -0.394. The van der Waals surface area contributed by atoms with Gasteiger partial charge in [-0.15, -0.1) is 0 Å². The third-order valence-electron chi connectivity index (χ3n) is 7.90. The Morgan fingerprint density at radius 1 is 0.926 bits per heavy atom. The summed E-state index contributed by atoms with van der Waals surface area (Å²) in [5.74, 6) is 3.23. The van der Waals surface area contributed by atoms with Crippen molar-refractivity contribution in [3.63, 3.8) is 0 Å². The van der Waals surface area contributed by atoms with Crippen LogP contribution in [0.15, 0.2) is 24.3 Å². The molecule has 3 saturated carbocycles. The summed E-state index contributed by atoms with van der Waals surface area (Å²) in [6.07, 6.45) is 14.1. The Hall–Kier alpha value is -0.900. The first-order valence-corrected chi connectivity index (χ1v) is 11.3. The molecule has 3 nitrogen and oxygen atoms in total. The average molecular weight is 370 g/mol. The van der Waals surface area contributed by atoms with Gasteiger partial charge < -0.3 is 5.73 Å². The first-order valence-electron chi connectivity index (χ1n) is 11.3. The fraction of sp³-hybridized carbons (Fsp3) is 0.750. The summed E-state index contributed by atoms with van der Waals surface area (Å²) in [6.45, 7) is 0.724. The third kappa shape index (κ3) is 3.83. The highest BCUT2D eigenvalue weighted by Crippen LogP contribution is 2.52. The van der Waals surface area contributed by atoms with Crippen LogP contribution in [0.4, 0.5) is 0 Å². The zero-order valence-corrected chi connectivity index (χ0v) is 16.6. The van der Waals surface area contributed by atoms with Crippen molar-refractivity contribution >= 4 is 0 Å². The Morgan fingerprint density at radius 2 is 1.67 bits per heavy atom. The minimum atomic E-state index is -0.0527. The lowest BCUT2D eigenvalue weighted by atomic mass is 9.63. The molecule has 0 aromatic heterocycles. The van der Waals surface area contributed by atoms with Gasteiger partial charge in [0.15, 0.2) is 0 Å². The molecule has 148 valence electrons. The topological polar surface area (TPSA) is 44.5 Å². The van der Waals surface area contributed by atoms with Crippen LogP contribution in [0.2, 0.25) is 0 Å². The van der Waals surface area contributed by atoms with E-state index in [-0.39, 0.29) is 5.60 Å². The van der Waals surface area contributed by atoms with Crippen molar-refractivity contribution in [3.05, 3.63) is 35.4 Å². The zero-order valence-electron chi connectivity index (χ0n) is 16.6. The van der Waals surface area contributed by atoms with Gasteiger partial charge in [-0.1, -0.05) is 24.3 Å². The maximum absolute atomic E-state index is 6.37. The first kappa shape index (κ1) is 18.1. The van der Waals surface area contributed by atoms with Crippen LogP contribution in [0, 0.1) is 17.8 Å². The summed E-state index contributed by atoms with van der Waals surface area (Å²) in [5.41, 5.74) is 8.47. The summed E-state index contributed by atoms with van der Waals surface area (Å²) < 4.78 is 0. The number of nitrogens with two attached hydrogens (primary N) is 1. The van der Waals surface area contributed by atoms with Crippen LogP contribution in [0.5, 0.6) is 0 Å². The monoisotopic (exact) mass is 369 g/mol. The minimum absolute atomic E-state index is 0.0527. The number of hydrogen-bond donors (Lipinski definition) is 1. The second-order valence-corrected chi connectivity index (χ2v) is 10.0. The normalized spacial score (nSPS) is 41.3. The van der Waals surface area contributed by atoms with E-state index in [1.807, 2.05) is 0 Å². The molecule has 2 aliphatic heterocycles. The van der Waals surface area contributed by atoms with Gasteiger partial charge in [-0.05, 0) is 112 Å². The van der Waals surface area contributed by atoms with Crippen LogP contribution < -0.4 is 5.73 Å². The molecule has 1 aromatic carbocycles. The zero-order chi connectivity index (χ0) is 18.3. The van der Waals surface area contributed by atoms with E-state index in [9.17, 15) is 0 Å². The Kier molecular flexibility index (Phi) is 5.04. The van der Waals surface area contributed by atoms with E-state index in [1.165, 1.54) is 68.9 Å². The summed E-state index contributed by atoms with van der Waals surface area (Å²) in [5, 5.41) is 0. The van der Waals surface area contributed by atoms with Crippen LogP contribution in [0.1, 0.15) is 81.3 Å². The predicted molar refractivity (Wildman–Crippen MR) is 107 cm³/mol. The molecule has 6 rings (SSSR count). The summed E-state index contributed by atoms with van der Waals surface area (Å²) in [7, 11) is 0. The molecule has 2 saturated heterocycles. The lowest BCUT2D eigenvalue weighted by Gasteiger charge is -2.43. The first-order chi connectivity index (χ1) is 13.2. The number of fused-ring (bicyclic) bond motifs is 1. The molecular formula is C24H35NO2. The van der Waals surface area contributed by atoms with Gasteiger partial charge in [-0.2, -0.15) is 0 Å². The van der Waals surface area contributed by atoms with Crippen molar-refractivity contribution in [2.45, 2.75) is 88.3 Å². The van der Waals surface area contributed by atoms with E-state index in [0.29, 0.717) is 12.0 Å². The second-order valence-electron chi connectivity index (χ2n) is 10.0. The van der Waals surface area contributed by atoms with Gasteiger partial charge in [0.2, 0.25) is 0 Å². The predicted octanol–water partition coefficient (Wildman–Crippen LogP) is 5.13. The molecule has 1 spiro atoms. The van der Waals surface area contributed by atoms with Gasteiger partial charge in [-0.3, -0.25) is 0 Å². The van der Waals surface area contributed by atoms with Gasteiger partial charge in [0, 0.05) is 0 Å². The number of benzene rings is 1. The lowest BCUT2D eigenvalue weighted by Crippen LogP contribution is -2.40. The van der Waals surface area contributed by atoms with Crippen molar-refractivity contribution in [1.29, 1.82) is 0 Å². The van der Waals surface area contributed by atoms with E-state index in [2.05, 4.69) is 24.3 Å². The molecule has 0 radical (unpaired) electrons. The Balaban J connectivity index is 1.34. The Labute approximate surface area is 163 Å². The van der Waals surface area contributed by atoms with Gasteiger partial charge in [0.25, 0.3) is 0 Å². The smallest absolute Gasteiger partial charge is 0.104 e. The summed E-state index contributed by atoms with van der Waals surface area (Å²) in [4.78, 5) is 12.5. The summed E-state index contributed by atoms with van der Waals surface area (Å²) in [6, 6.07) is 9.20. The molecule has 5 aliphatic rings. The van der Waals surface area contributed by atoms with Crippen molar-refractivity contribution in [2.75, 3.05) is 6.54 Å². The average Bonchev–Trinajstić information content (AvgIpc) is 2.74. The molecule has 27 heavy (non-hydrogen) atoms. The SMILES string of the molecule is NCCc1ccc(C2CCC[C@]3(CC4CC5CC(C4)CC(C5)OO3)C2)cc1. The van der Waals surface area contributed by atoms with E-state index >= 15 is 0 Å². The van der Waals surface area contributed by atoms with Crippen molar-refractivity contribution < 1.29 is 9.78 Å². The Bertz CT molecular complexity index is 630. The van der Waals surface area contributed by atoms with E-state index in [4.69, 9.17) is 15.5 Å². The minimum Gasteiger partial charge on any atom is -0.330 e. The molecule has 0 amide bonds. The van der Waals surface area contributed by atoms with Gasteiger partial charge in [0.05, 0.1) is 6.10 Å². The van der Waals surface area contributed by atoms with Crippen molar-refractivity contribution in [3.8, 4) is 0 Å². The molecule has 5 fully saturated rings. The Morgan fingerprint density at radius 3 is 2.41 bits per heavy atom. The van der Waals surface area contributed by atoms with Gasteiger partial charge >= 0.3 is 0 Å². The fourth-order valence-corrected chi connectivity index (χ4v) is 6.90. The van der Waals surface area contributed by atoms with E-state index in [0.717, 1.165) is 37.1 Å². The van der Waals surface area contributed by atoms with Crippen LogP contribution in [-0.2, 0) is 16.2 Å². The van der Waals surface area contributed by atoms with E-state index in [1.54, 1.807) is 0 Å². The van der Waals surface area contributed by atoms with Crippen LogP contribution in [-0.4, -0.2) is 18.2 Å². The molecule has 1 aromatic rings. The highest BCUT2D eigenvalue weighted by Gasteiger charge is 2.47. The van der Waals surface area contributed by atoms with E-state index < -0.39 is 0 Å². The van der Waals surface area contributed by atoms with Crippen LogP contribution in [0.25, 0.3) is 0 Å². The van der Waals surface area contributed by atoms with Crippen LogP contribution >= 0.6 is 0 Å². The summed E-state index contributed by atoms with van der Waals surface area (Å²) >= 11 is 0. The standard InChI is InChI=1S/C24H35NO2/c25-9-7-17-3-5-21(6-4-17)22-2-1-8-24(16-22)15-20-11-18-10-19(12-20)14-23(13-18)26-27-24/h3-6,18-20,22-23H,1-2,7-16,25H2/t18?,19?,20?,22?,23?,24-/m0/s1. The molecule has 3 heteroatoms. The highest BCUT2D eigenvalue weighted by atomic mass is 17.2. The van der Waals surface area contributed by atoms with Crippen molar-refractivity contribution in [2.24, 2.45) is 23.5 Å². The molecule has 4 atom stereocenters. The fourth-order valence-electron chi connectivity index (χ4n) is 6.90. The second kappa shape index (κ2) is 7.50. The molecule has 4 bridgehead atoms. The maximum Gasteiger partial charge on any atom is 0.104 e. The third-order valence-corrected chi connectivity index (χ3v) is 7.90. The molecule has 3 unspecified atom stereocenters. The van der Waals surface area contributed by atoms with Gasteiger partial charge in [-0.25, -0.2) is 9.78 Å². The van der Waals surface area contributed by atoms with Crippen LogP contribution in [0.3, 0.4) is 0 Å². The number of hydrogen-bond acceptors (Lipinski definition) is 3. The molecule has 3 aliphatic carbocycles.